The van der Waals surface area contributed by atoms with Crippen molar-refractivity contribution in [1.29, 1.82) is 0 Å². The smallest absolute Gasteiger partial charge is 0.0688 e. The van der Waals surface area contributed by atoms with Gasteiger partial charge in [0.05, 0.1) is 17.1 Å². The second-order valence-corrected chi connectivity index (χ2v) is 10.3. The summed E-state index contributed by atoms with van der Waals surface area (Å²) in [4.78, 5) is 7.40. The molecule has 0 N–H and O–H groups in total. The SMILES string of the molecule is c1ccc2c(c1)Cc1ccc3c(c1-2)-c1c(cc2c4c1Cc1ncccc1N4c1ccccc1C2)C3. The normalized spacial score (nSPS) is 14.9. The summed E-state index contributed by atoms with van der Waals surface area (Å²) >= 11 is 0. The van der Waals surface area contributed by atoms with Crippen molar-refractivity contribution < 1.29 is 0 Å². The molecular weight excluding hydrogens is 424 g/mol. The van der Waals surface area contributed by atoms with Gasteiger partial charge in [0.25, 0.3) is 0 Å². The third-order valence-corrected chi connectivity index (χ3v) is 8.53. The van der Waals surface area contributed by atoms with Crippen LogP contribution in [0.15, 0.2) is 85.1 Å². The number of hydrogen-bond acceptors (Lipinski definition) is 2. The Morgan fingerprint density at radius 2 is 1.29 bits per heavy atom. The highest BCUT2D eigenvalue weighted by molar-refractivity contribution is 6.01. The van der Waals surface area contributed by atoms with Crippen LogP contribution in [0.2, 0.25) is 0 Å². The van der Waals surface area contributed by atoms with Crippen LogP contribution in [-0.2, 0) is 25.7 Å². The van der Waals surface area contributed by atoms with Crippen LogP contribution in [-0.4, -0.2) is 4.98 Å². The number of fused-ring (bicyclic) bond motifs is 12. The van der Waals surface area contributed by atoms with Crippen molar-refractivity contribution in [2.45, 2.75) is 25.7 Å². The van der Waals surface area contributed by atoms with E-state index in [1.165, 1.54) is 84.0 Å². The Labute approximate surface area is 204 Å². The molecule has 4 aliphatic rings. The fourth-order valence-corrected chi connectivity index (χ4v) is 7.19. The molecule has 164 valence electrons. The van der Waals surface area contributed by atoms with Crippen molar-refractivity contribution in [3.63, 3.8) is 0 Å². The topological polar surface area (TPSA) is 16.1 Å². The average Bonchev–Trinajstić information content (AvgIpc) is 3.46. The van der Waals surface area contributed by atoms with Gasteiger partial charge < -0.3 is 4.90 Å². The number of aromatic nitrogens is 1. The maximum Gasteiger partial charge on any atom is 0.0688 e. The molecule has 35 heavy (non-hydrogen) atoms. The third kappa shape index (κ3) is 2.23. The van der Waals surface area contributed by atoms with Crippen molar-refractivity contribution in [3.8, 4) is 22.3 Å². The number of hydrogen-bond donors (Lipinski definition) is 0. The molecule has 1 aromatic heterocycles. The number of rotatable bonds is 0. The first-order chi connectivity index (χ1) is 17.3. The van der Waals surface area contributed by atoms with Crippen LogP contribution in [0.25, 0.3) is 22.3 Å². The minimum atomic E-state index is 0.894. The summed E-state index contributed by atoms with van der Waals surface area (Å²) in [6, 6.07) is 29.5. The quantitative estimate of drug-likeness (QED) is 0.240. The summed E-state index contributed by atoms with van der Waals surface area (Å²) in [5, 5.41) is 0. The summed E-state index contributed by atoms with van der Waals surface area (Å²) in [6.45, 7) is 0. The van der Waals surface area contributed by atoms with Crippen molar-refractivity contribution in [3.05, 3.63) is 130 Å². The number of pyridine rings is 1. The Morgan fingerprint density at radius 1 is 0.543 bits per heavy atom. The fourth-order valence-electron chi connectivity index (χ4n) is 7.19. The van der Waals surface area contributed by atoms with Gasteiger partial charge in [0.2, 0.25) is 0 Å². The lowest BCUT2D eigenvalue weighted by Gasteiger charge is -2.40. The van der Waals surface area contributed by atoms with Crippen LogP contribution in [0.5, 0.6) is 0 Å². The monoisotopic (exact) mass is 446 g/mol. The van der Waals surface area contributed by atoms with Gasteiger partial charge in [-0.05, 0) is 92.2 Å². The van der Waals surface area contributed by atoms with Crippen LogP contribution in [0.1, 0.15) is 44.6 Å². The zero-order valence-electron chi connectivity index (χ0n) is 19.3. The molecule has 5 aromatic rings. The maximum atomic E-state index is 4.89. The predicted octanol–water partition coefficient (Wildman–Crippen LogP) is 7.50. The predicted molar refractivity (Wildman–Crippen MR) is 141 cm³/mol. The van der Waals surface area contributed by atoms with E-state index in [2.05, 4.69) is 83.8 Å². The van der Waals surface area contributed by atoms with Gasteiger partial charge in [-0.15, -0.1) is 0 Å². The third-order valence-electron chi connectivity index (χ3n) is 8.53. The van der Waals surface area contributed by atoms with Crippen LogP contribution < -0.4 is 4.90 Å². The van der Waals surface area contributed by atoms with Crippen LogP contribution >= 0.6 is 0 Å². The molecule has 2 nitrogen and oxygen atoms in total. The summed E-state index contributed by atoms with van der Waals surface area (Å²) in [5.74, 6) is 0. The Hall–Kier alpha value is -4.17. The van der Waals surface area contributed by atoms with E-state index in [4.69, 9.17) is 4.98 Å². The molecule has 0 saturated heterocycles. The fraction of sp³-hybridized carbons (Fsp3) is 0.121. The van der Waals surface area contributed by atoms with E-state index < -0.39 is 0 Å². The standard InChI is InChI=1S/C33H22N2/c1-3-8-25-19(6-1)14-21-11-12-22-16-23-17-24-15-20-7-2-4-9-28(20)35-29-10-5-13-34-27(29)18-26(33(24)35)31(23)32(22)30(21)25/h1-13,17H,14-16,18H2. The van der Waals surface area contributed by atoms with Gasteiger partial charge in [-0.1, -0.05) is 60.7 Å². The van der Waals surface area contributed by atoms with E-state index in [-0.39, 0.29) is 0 Å². The van der Waals surface area contributed by atoms with E-state index in [0.29, 0.717) is 0 Å². The molecule has 2 aliphatic carbocycles. The molecule has 3 heterocycles. The van der Waals surface area contributed by atoms with E-state index in [1.807, 2.05) is 6.20 Å². The number of anilines is 3. The first-order valence-electron chi connectivity index (χ1n) is 12.6. The second-order valence-electron chi connectivity index (χ2n) is 10.3. The highest BCUT2D eigenvalue weighted by Gasteiger charge is 2.38. The molecule has 0 saturated carbocycles. The van der Waals surface area contributed by atoms with Crippen LogP contribution in [0.3, 0.4) is 0 Å². The summed E-state index contributed by atoms with van der Waals surface area (Å²) < 4.78 is 0. The number of benzene rings is 4. The molecule has 2 heteroatoms. The molecule has 0 bridgehead atoms. The molecule has 0 radical (unpaired) electrons. The van der Waals surface area contributed by atoms with Gasteiger partial charge in [-0.25, -0.2) is 0 Å². The average molecular weight is 447 g/mol. The molecule has 0 fully saturated rings. The Morgan fingerprint density at radius 3 is 2.23 bits per heavy atom. The van der Waals surface area contributed by atoms with E-state index in [9.17, 15) is 0 Å². The molecule has 9 rings (SSSR count). The van der Waals surface area contributed by atoms with Crippen molar-refractivity contribution in [1.82, 2.24) is 4.98 Å². The van der Waals surface area contributed by atoms with Gasteiger partial charge >= 0.3 is 0 Å². The Kier molecular flexibility index (Phi) is 3.27. The van der Waals surface area contributed by atoms with Crippen molar-refractivity contribution in [2.24, 2.45) is 0 Å². The molecular formula is C33H22N2. The highest BCUT2D eigenvalue weighted by Crippen LogP contribution is 2.57. The van der Waals surface area contributed by atoms with Gasteiger partial charge in [-0.3, -0.25) is 4.98 Å². The Balaban J connectivity index is 1.38. The Bertz CT molecular complexity index is 1750. The zero-order valence-corrected chi connectivity index (χ0v) is 19.3. The summed E-state index contributed by atoms with van der Waals surface area (Å²) in [7, 11) is 0. The van der Waals surface area contributed by atoms with Gasteiger partial charge in [0.15, 0.2) is 0 Å². The summed E-state index contributed by atoms with van der Waals surface area (Å²) in [5.41, 5.74) is 21.2. The lowest BCUT2D eigenvalue weighted by atomic mass is 9.82. The molecule has 4 aromatic carbocycles. The molecule has 0 amide bonds. The van der Waals surface area contributed by atoms with Crippen molar-refractivity contribution in [2.75, 3.05) is 4.90 Å². The number of para-hydroxylation sites is 1. The minimum absolute atomic E-state index is 0.894. The molecule has 0 atom stereocenters. The first kappa shape index (κ1) is 18.2. The van der Waals surface area contributed by atoms with Gasteiger partial charge in [-0.2, -0.15) is 0 Å². The highest BCUT2D eigenvalue weighted by atomic mass is 15.2. The van der Waals surface area contributed by atoms with Gasteiger partial charge in [0, 0.05) is 24.7 Å². The lowest BCUT2D eigenvalue weighted by Crippen LogP contribution is -2.26. The second kappa shape index (κ2) is 6.28. The zero-order chi connectivity index (χ0) is 22.7. The largest absolute Gasteiger partial charge is 0.308 e. The van der Waals surface area contributed by atoms with Crippen LogP contribution in [0, 0.1) is 0 Å². The lowest BCUT2D eigenvalue weighted by molar-refractivity contribution is 0.969. The van der Waals surface area contributed by atoms with E-state index in [0.717, 1.165) is 25.7 Å². The maximum absolute atomic E-state index is 4.89. The van der Waals surface area contributed by atoms with Crippen molar-refractivity contribution >= 4 is 17.1 Å². The van der Waals surface area contributed by atoms with Crippen LogP contribution in [0.4, 0.5) is 17.1 Å². The van der Waals surface area contributed by atoms with Gasteiger partial charge in [0.1, 0.15) is 0 Å². The van der Waals surface area contributed by atoms with E-state index >= 15 is 0 Å². The molecule has 2 aliphatic heterocycles. The number of nitrogens with zero attached hydrogens (tertiary/aromatic N) is 2. The van der Waals surface area contributed by atoms with E-state index in [1.54, 1.807) is 0 Å². The molecule has 0 spiro atoms. The summed E-state index contributed by atoms with van der Waals surface area (Å²) in [6.07, 6.45) is 5.90. The molecule has 0 unspecified atom stereocenters. The minimum Gasteiger partial charge on any atom is -0.308 e. The first-order valence-corrected chi connectivity index (χ1v) is 12.6.